The van der Waals surface area contributed by atoms with Crippen molar-refractivity contribution in [2.75, 3.05) is 6.61 Å². The van der Waals surface area contributed by atoms with Crippen LogP contribution >= 0.6 is 0 Å². The summed E-state index contributed by atoms with van der Waals surface area (Å²) in [5.41, 5.74) is 0.307. The second-order valence-corrected chi connectivity index (χ2v) is 12.3. The molecule has 7 nitrogen and oxygen atoms in total. The first kappa shape index (κ1) is 23.9. The summed E-state index contributed by atoms with van der Waals surface area (Å²) in [5, 5.41) is 40.5. The highest BCUT2D eigenvalue weighted by molar-refractivity contribution is 5.60. The summed E-state index contributed by atoms with van der Waals surface area (Å²) in [5.74, 6) is 0.897. The van der Waals surface area contributed by atoms with Crippen LogP contribution in [-0.4, -0.2) is 69.6 Å². The third-order valence-electron chi connectivity index (χ3n) is 10.6. The number of aldehydes is 1. The van der Waals surface area contributed by atoms with Gasteiger partial charge in [0.2, 0.25) is 0 Å². The number of fused-ring (bicyclic) bond motifs is 3. The van der Waals surface area contributed by atoms with Gasteiger partial charge in [0.25, 0.3) is 0 Å². The average molecular weight is 465 g/mol. The molecule has 1 heterocycles. The van der Waals surface area contributed by atoms with Crippen molar-refractivity contribution in [2.45, 2.75) is 108 Å². The van der Waals surface area contributed by atoms with Gasteiger partial charge in [-0.15, -0.1) is 0 Å². The lowest BCUT2D eigenvalue weighted by atomic mass is 9.41. The Balaban J connectivity index is 1.41. The fourth-order valence-corrected chi connectivity index (χ4v) is 9.09. The highest BCUT2D eigenvalue weighted by Crippen LogP contribution is 2.73. The van der Waals surface area contributed by atoms with Crippen LogP contribution in [0.3, 0.4) is 0 Å². The van der Waals surface area contributed by atoms with Crippen molar-refractivity contribution in [3.05, 3.63) is 12.2 Å². The van der Waals surface area contributed by atoms with E-state index in [1.807, 2.05) is 0 Å². The van der Waals surface area contributed by atoms with Crippen molar-refractivity contribution in [1.82, 2.24) is 0 Å². The summed E-state index contributed by atoms with van der Waals surface area (Å²) in [6, 6.07) is 0. The Labute approximate surface area is 196 Å². The number of carbonyl (C=O) groups excluding carboxylic acids is 1. The molecule has 1 spiro atoms. The summed E-state index contributed by atoms with van der Waals surface area (Å²) < 4.78 is 12.1. The summed E-state index contributed by atoms with van der Waals surface area (Å²) in [7, 11) is 0. The van der Waals surface area contributed by atoms with Crippen molar-refractivity contribution >= 4 is 6.29 Å². The predicted molar refractivity (Wildman–Crippen MR) is 120 cm³/mol. The van der Waals surface area contributed by atoms with Crippen LogP contribution in [0.5, 0.6) is 0 Å². The Morgan fingerprint density at radius 3 is 2.48 bits per heavy atom. The largest absolute Gasteiger partial charge is 0.394 e. The second kappa shape index (κ2) is 7.84. The van der Waals surface area contributed by atoms with Crippen LogP contribution in [0.1, 0.15) is 71.6 Å². The Morgan fingerprint density at radius 2 is 1.79 bits per heavy atom. The molecule has 0 aromatic carbocycles. The van der Waals surface area contributed by atoms with E-state index in [1.165, 1.54) is 6.29 Å². The lowest BCUT2D eigenvalue weighted by Gasteiger charge is -2.64. The molecule has 4 N–H and O–H groups in total. The molecule has 0 aromatic heterocycles. The van der Waals surface area contributed by atoms with Crippen LogP contribution in [0, 0.1) is 28.1 Å². The van der Waals surface area contributed by atoms with E-state index in [9.17, 15) is 25.2 Å². The Kier molecular flexibility index (Phi) is 5.67. The van der Waals surface area contributed by atoms with E-state index in [4.69, 9.17) is 9.47 Å². The third kappa shape index (κ3) is 3.26. The molecule has 5 aliphatic rings. The fraction of sp³-hybridized carbons (Fsp3) is 0.885. The van der Waals surface area contributed by atoms with E-state index in [2.05, 4.69) is 20.4 Å². The summed E-state index contributed by atoms with van der Waals surface area (Å²) >= 11 is 0. The summed E-state index contributed by atoms with van der Waals surface area (Å²) in [6.45, 7) is 8.51. The molecule has 186 valence electrons. The Hall–Kier alpha value is -0.830. The Bertz CT molecular complexity index is 814. The normalized spacial score (nSPS) is 56.2. The minimum Gasteiger partial charge on any atom is -0.394 e. The van der Waals surface area contributed by atoms with Crippen LogP contribution in [0.4, 0.5) is 0 Å². The molecule has 11 atom stereocenters. The topological polar surface area (TPSA) is 116 Å². The van der Waals surface area contributed by atoms with Crippen molar-refractivity contribution in [3.8, 4) is 0 Å². The number of ether oxygens (including phenoxy) is 2. The molecular formula is C26H40O7. The van der Waals surface area contributed by atoms with Gasteiger partial charge in [-0.1, -0.05) is 26.8 Å². The molecule has 0 amide bonds. The first-order chi connectivity index (χ1) is 15.5. The number of aliphatic hydroxyl groups excluding tert-OH is 4. The summed E-state index contributed by atoms with van der Waals surface area (Å²) in [4.78, 5) is 12.1. The van der Waals surface area contributed by atoms with Crippen molar-refractivity contribution in [2.24, 2.45) is 28.1 Å². The van der Waals surface area contributed by atoms with Gasteiger partial charge in [-0.25, -0.2) is 0 Å². The molecule has 4 aliphatic carbocycles. The minimum absolute atomic E-state index is 0.0653. The molecule has 33 heavy (non-hydrogen) atoms. The van der Waals surface area contributed by atoms with E-state index in [1.54, 1.807) is 0 Å². The van der Waals surface area contributed by atoms with Gasteiger partial charge in [0.15, 0.2) is 6.29 Å². The molecule has 5 rings (SSSR count). The number of rotatable bonds is 4. The molecular weight excluding hydrogens is 424 g/mol. The first-order valence-corrected chi connectivity index (χ1v) is 12.7. The van der Waals surface area contributed by atoms with Gasteiger partial charge in [0.1, 0.15) is 30.7 Å². The van der Waals surface area contributed by atoms with Crippen molar-refractivity contribution in [1.29, 1.82) is 0 Å². The standard InChI is InChI=1S/C26H40O7/c1-15-11-25-9-5-17-23(2,14-28)7-4-8-24(17,3)18(25)6-10-26(15,13-25)33-22-21(31)20(30)19(29)16(12-27)32-22/h14,16-22,27,29-31H,1,4-13H2,2-3H3/t16-,17-,18+,19-,20+,21-,22+,23+,24-,25-,26+/m1/s1. The zero-order chi connectivity index (χ0) is 23.8. The SMILES string of the molecule is C=C1C[C@@]23CC[C@H]4[C@@](C)(CCC[C@@]4(C)C=O)[C@@H]2CC[C@]1(O[C@@H]1O[C@H](CO)[C@@H](O)[C@H](O)[C@H]1O)C3. The molecule has 4 saturated carbocycles. The van der Waals surface area contributed by atoms with E-state index >= 15 is 0 Å². The van der Waals surface area contributed by atoms with Gasteiger partial charge >= 0.3 is 0 Å². The zero-order valence-corrected chi connectivity index (χ0v) is 19.9. The maximum absolute atomic E-state index is 12.1. The quantitative estimate of drug-likeness (QED) is 0.286. The van der Waals surface area contributed by atoms with Crippen LogP contribution in [0.15, 0.2) is 12.2 Å². The first-order valence-electron chi connectivity index (χ1n) is 12.7. The van der Waals surface area contributed by atoms with Gasteiger partial charge < -0.3 is 34.7 Å². The van der Waals surface area contributed by atoms with Crippen molar-refractivity contribution < 1.29 is 34.7 Å². The lowest BCUT2D eigenvalue weighted by molar-refractivity contribution is -0.327. The van der Waals surface area contributed by atoms with E-state index in [-0.39, 0.29) is 16.2 Å². The fourth-order valence-electron chi connectivity index (χ4n) is 9.09. The minimum atomic E-state index is -1.45. The molecule has 0 aromatic rings. The van der Waals surface area contributed by atoms with Gasteiger partial charge in [-0.2, -0.15) is 0 Å². The predicted octanol–water partition coefficient (Wildman–Crippen LogP) is 2.09. The molecule has 7 heteroatoms. The van der Waals surface area contributed by atoms with Crippen LogP contribution in [0.2, 0.25) is 0 Å². The number of aliphatic hydroxyl groups is 4. The van der Waals surface area contributed by atoms with Crippen molar-refractivity contribution in [3.63, 3.8) is 0 Å². The number of carbonyl (C=O) groups is 1. The summed E-state index contributed by atoms with van der Waals surface area (Å²) in [6.07, 6.45) is 3.54. The maximum atomic E-state index is 12.1. The van der Waals surface area contributed by atoms with Crippen LogP contribution in [0.25, 0.3) is 0 Å². The van der Waals surface area contributed by atoms with E-state index in [0.29, 0.717) is 11.8 Å². The van der Waals surface area contributed by atoms with E-state index in [0.717, 1.165) is 63.4 Å². The molecule has 0 unspecified atom stereocenters. The smallest absolute Gasteiger partial charge is 0.187 e. The second-order valence-electron chi connectivity index (χ2n) is 12.3. The van der Waals surface area contributed by atoms with Gasteiger partial charge in [0.05, 0.1) is 12.2 Å². The molecule has 1 saturated heterocycles. The number of hydrogen-bond donors (Lipinski definition) is 4. The van der Waals surface area contributed by atoms with Gasteiger partial charge in [-0.3, -0.25) is 0 Å². The van der Waals surface area contributed by atoms with Crippen LogP contribution in [-0.2, 0) is 14.3 Å². The molecule has 1 aliphatic heterocycles. The lowest BCUT2D eigenvalue weighted by Crippen LogP contribution is -2.62. The molecule has 5 fully saturated rings. The highest BCUT2D eigenvalue weighted by atomic mass is 16.7. The van der Waals surface area contributed by atoms with Gasteiger partial charge in [-0.05, 0) is 79.6 Å². The monoisotopic (exact) mass is 464 g/mol. The molecule has 0 radical (unpaired) electrons. The molecule has 2 bridgehead atoms. The zero-order valence-electron chi connectivity index (χ0n) is 19.9. The highest BCUT2D eigenvalue weighted by Gasteiger charge is 2.68. The Morgan fingerprint density at radius 1 is 1.06 bits per heavy atom. The third-order valence-corrected chi connectivity index (χ3v) is 10.6. The van der Waals surface area contributed by atoms with E-state index < -0.39 is 42.9 Å². The van der Waals surface area contributed by atoms with Crippen LogP contribution < -0.4 is 0 Å². The maximum Gasteiger partial charge on any atom is 0.187 e. The van der Waals surface area contributed by atoms with Gasteiger partial charge in [0, 0.05) is 5.41 Å². The number of hydrogen-bond acceptors (Lipinski definition) is 7. The average Bonchev–Trinajstić information content (AvgIpc) is 2.98.